The molecule has 1 N–H and O–H groups in total. The third kappa shape index (κ3) is 2.30. The summed E-state index contributed by atoms with van der Waals surface area (Å²) in [5.74, 6) is 2.00. The summed E-state index contributed by atoms with van der Waals surface area (Å²) < 4.78 is 10.0. The molecule has 0 amide bonds. The van der Waals surface area contributed by atoms with Crippen molar-refractivity contribution in [3.8, 4) is 0 Å². The van der Waals surface area contributed by atoms with Crippen molar-refractivity contribution < 1.29 is 9.26 Å². The molecule has 2 heterocycles. The number of methoxy groups -OCH3 is 1. The van der Waals surface area contributed by atoms with Crippen LogP contribution in [0.1, 0.15) is 18.1 Å². The van der Waals surface area contributed by atoms with E-state index in [2.05, 4.69) is 15.5 Å². The second-order valence-electron chi connectivity index (χ2n) is 3.60. The van der Waals surface area contributed by atoms with E-state index in [0.29, 0.717) is 18.3 Å². The fourth-order valence-corrected chi connectivity index (χ4v) is 1.70. The molecule has 5 heteroatoms. The lowest BCUT2D eigenvalue weighted by atomic mass is 10.1. The Morgan fingerprint density at radius 3 is 3.29 bits per heavy atom. The average molecular weight is 197 g/mol. The Bertz CT molecular complexity index is 281. The largest absolute Gasteiger partial charge is 0.377 e. The van der Waals surface area contributed by atoms with Crippen molar-refractivity contribution in [2.45, 2.75) is 19.4 Å². The maximum Gasteiger partial charge on any atom is 0.227 e. The van der Waals surface area contributed by atoms with Crippen LogP contribution in [0.4, 0.5) is 0 Å². The Labute approximate surface area is 82.8 Å². The van der Waals surface area contributed by atoms with Crippen LogP contribution in [-0.4, -0.2) is 30.3 Å². The molecule has 1 aliphatic heterocycles. The molecular formula is C9H15N3O2. The molecular weight excluding hydrogens is 182 g/mol. The molecule has 0 spiro atoms. The van der Waals surface area contributed by atoms with Gasteiger partial charge in [-0.05, 0) is 25.4 Å². The number of ether oxygens (including phenoxy) is 1. The van der Waals surface area contributed by atoms with Crippen molar-refractivity contribution in [1.29, 1.82) is 0 Å². The van der Waals surface area contributed by atoms with E-state index in [1.807, 2.05) is 0 Å². The Morgan fingerprint density at radius 2 is 2.57 bits per heavy atom. The van der Waals surface area contributed by atoms with Gasteiger partial charge in [-0.15, -0.1) is 0 Å². The molecule has 0 aromatic carbocycles. The van der Waals surface area contributed by atoms with Gasteiger partial charge in [-0.25, -0.2) is 0 Å². The Hall–Kier alpha value is -0.940. The third-order valence-electron chi connectivity index (χ3n) is 2.41. The molecule has 1 unspecified atom stereocenters. The van der Waals surface area contributed by atoms with Crippen LogP contribution in [0.15, 0.2) is 4.52 Å². The topological polar surface area (TPSA) is 60.2 Å². The zero-order chi connectivity index (χ0) is 9.80. The summed E-state index contributed by atoms with van der Waals surface area (Å²) in [5, 5.41) is 7.13. The molecule has 1 aromatic rings. The van der Waals surface area contributed by atoms with E-state index in [-0.39, 0.29) is 0 Å². The van der Waals surface area contributed by atoms with Gasteiger partial charge in [0.1, 0.15) is 6.61 Å². The predicted octanol–water partition coefficient (Wildman–Crippen LogP) is 0.368. The van der Waals surface area contributed by atoms with Crippen LogP contribution in [0.25, 0.3) is 0 Å². The van der Waals surface area contributed by atoms with E-state index >= 15 is 0 Å². The van der Waals surface area contributed by atoms with Crippen LogP contribution in [0.2, 0.25) is 0 Å². The zero-order valence-corrected chi connectivity index (χ0v) is 8.32. The number of hydrogen-bond acceptors (Lipinski definition) is 5. The van der Waals surface area contributed by atoms with Crippen molar-refractivity contribution in [2.75, 3.05) is 20.2 Å². The lowest BCUT2D eigenvalue weighted by molar-refractivity contribution is 0.174. The van der Waals surface area contributed by atoms with Gasteiger partial charge in [-0.2, -0.15) is 4.98 Å². The predicted molar refractivity (Wildman–Crippen MR) is 49.7 cm³/mol. The maximum atomic E-state index is 5.11. The van der Waals surface area contributed by atoms with Crippen molar-refractivity contribution in [2.24, 2.45) is 5.92 Å². The Balaban J connectivity index is 1.88. The summed E-state index contributed by atoms with van der Waals surface area (Å²) in [5.41, 5.74) is 0. The molecule has 5 nitrogen and oxygen atoms in total. The highest BCUT2D eigenvalue weighted by Gasteiger charge is 2.18. The molecule has 1 aliphatic rings. The van der Waals surface area contributed by atoms with Gasteiger partial charge in [-0.3, -0.25) is 0 Å². The van der Waals surface area contributed by atoms with Gasteiger partial charge in [0.2, 0.25) is 5.89 Å². The zero-order valence-electron chi connectivity index (χ0n) is 8.32. The Kier molecular flexibility index (Phi) is 3.10. The number of rotatable bonds is 4. The van der Waals surface area contributed by atoms with Crippen molar-refractivity contribution in [3.05, 3.63) is 11.7 Å². The first-order chi connectivity index (χ1) is 6.88. The minimum atomic E-state index is 0.423. The van der Waals surface area contributed by atoms with E-state index < -0.39 is 0 Å². The van der Waals surface area contributed by atoms with Crippen LogP contribution in [0.3, 0.4) is 0 Å². The average Bonchev–Trinajstić information content (AvgIpc) is 2.79. The minimum absolute atomic E-state index is 0.423. The molecule has 0 radical (unpaired) electrons. The fourth-order valence-electron chi connectivity index (χ4n) is 1.70. The summed E-state index contributed by atoms with van der Waals surface area (Å²) >= 11 is 0. The van der Waals surface area contributed by atoms with Gasteiger partial charge >= 0.3 is 0 Å². The summed E-state index contributed by atoms with van der Waals surface area (Å²) in [6, 6.07) is 0. The van der Waals surface area contributed by atoms with Crippen molar-refractivity contribution >= 4 is 0 Å². The standard InChI is InChI=1S/C9H15N3O2/c1-13-6-8-11-9(14-12-8)4-7-2-3-10-5-7/h7,10H,2-6H2,1H3. The summed E-state index contributed by atoms with van der Waals surface area (Å²) in [7, 11) is 1.62. The number of hydrogen-bond donors (Lipinski definition) is 1. The number of nitrogens with one attached hydrogen (secondary N) is 1. The Morgan fingerprint density at radius 1 is 1.64 bits per heavy atom. The van der Waals surface area contributed by atoms with Gasteiger partial charge in [0, 0.05) is 13.5 Å². The highest BCUT2D eigenvalue weighted by Crippen LogP contribution is 2.13. The molecule has 14 heavy (non-hydrogen) atoms. The molecule has 1 atom stereocenters. The summed E-state index contributed by atoms with van der Waals surface area (Å²) in [6.07, 6.45) is 2.08. The van der Waals surface area contributed by atoms with Gasteiger partial charge in [0.25, 0.3) is 0 Å². The highest BCUT2D eigenvalue weighted by atomic mass is 16.5. The molecule has 1 aromatic heterocycles. The second-order valence-corrected chi connectivity index (χ2v) is 3.60. The van der Waals surface area contributed by atoms with Gasteiger partial charge in [0.05, 0.1) is 0 Å². The van der Waals surface area contributed by atoms with Crippen LogP contribution in [0, 0.1) is 5.92 Å². The monoisotopic (exact) mass is 197 g/mol. The molecule has 1 saturated heterocycles. The molecule has 0 aliphatic carbocycles. The van der Waals surface area contributed by atoms with E-state index in [0.717, 1.165) is 25.4 Å². The lowest BCUT2D eigenvalue weighted by Crippen LogP contribution is -2.10. The first kappa shape index (κ1) is 9.61. The highest BCUT2D eigenvalue weighted by molar-refractivity contribution is 4.88. The normalized spacial score (nSPS) is 21.6. The fraction of sp³-hybridized carbons (Fsp3) is 0.778. The number of nitrogens with zero attached hydrogens (tertiary/aromatic N) is 2. The van der Waals surface area contributed by atoms with Gasteiger partial charge in [-0.1, -0.05) is 5.16 Å². The number of aromatic nitrogens is 2. The van der Waals surface area contributed by atoms with E-state index in [4.69, 9.17) is 9.26 Å². The third-order valence-corrected chi connectivity index (χ3v) is 2.41. The van der Waals surface area contributed by atoms with Gasteiger partial charge in [0.15, 0.2) is 5.82 Å². The molecule has 1 fully saturated rings. The van der Waals surface area contributed by atoms with Crippen LogP contribution < -0.4 is 5.32 Å². The minimum Gasteiger partial charge on any atom is -0.377 e. The first-order valence-corrected chi connectivity index (χ1v) is 4.89. The second kappa shape index (κ2) is 4.52. The molecule has 2 rings (SSSR count). The van der Waals surface area contributed by atoms with Crippen LogP contribution in [-0.2, 0) is 17.8 Å². The van der Waals surface area contributed by atoms with Gasteiger partial charge < -0.3 is 14.6 Å². The quantitative estimate of drug-likeness (QED) is 0.755. The van der Waals surface area contributed by atoms with Crippen molar-refractivity contribution in [3.63, 3.8) is 0 Å². The van der Waals surface area contributed by atoms with E-state index in [1.54, 1.807) is 7.11 Å². The van der Waals surface area contributed by atoms with Crippen LogP contribution in [0.5, 0.6) is 0 Å². The maximum absolute atomic E-state index is 5.11. The SMILES string of the molecule is COCc1noc(CC2CCNC2)n1. The summed E-state index contributed by atoms with van der Waals surface area (Å²) in [4.78, 5) is 4.23. The van der Waals surface area contributed by atoms with Crippen LogP contribution >= 0.6 is 0 Å². The molecule has 0 bridgehead atoms. The molecule has 78 valence electrons. The van der Waals surface area contributed by atoms with E-state index in [9.17, 15) is 0 Å². The smallest absolute Gasteiger partial charge is 0.227 e. The summed E-state index contributed by atoms with van der Waals surface area (Å²) in [6.45, 7) is 2.58. The first-order valence-electron chi connectivity index (χ1n) is 4.89. The van der Waals surface area contributed by atoms with Crippen molar-refractivity contribution in [1.82, 2.24) is 15.5 Å². The molecule has 0 saturated carbocycles. The lowest BCUT2D eigenvalue weighted by Gasteiger charge is -2.01. The van der Waals surface area contributed by atoms with E-state index in [1.165, 1.54) is 6.42 Å².